The van der Waals surface area contributed by atoms with Crippen LogP contribution in [0.5, 0.6) is 23.0 Å². The zero-order valence-electron chi connectivity index (χ0n) is 28.0. The van der Waals surface area contributed by atoms with E-state index >= 15 is 0 Å². The number of nitrogens with zero attached hydrogens (tertiary/aromatic N) is 1. The smallest absolute Gasteiger partial charge is 0.262 e. The Morgan fingerprint density at radius 2 is 1.08 bits per heavy atom. The highest BCUT2D eigenvalue weighted by molar-refractivity contribution is 6.09. The van der Waals surface area contributed by atoms with Gasteiger partial charge < -0.3 is 52.1 Å². The number of aliphatic hydroxyl groups is 1. The van der Waals surface area contributed by atoms with Crippen LogP contribution >= 0.6 is 0 Å². The summed E-state index contributed by atoms with van der Waals surface area (Å²) < 4.78 is 0. The molecule has 274 valence electrons. The number of aromatic hydroxyl groups is 4. The number of amides is 5. The van der Waals surface area contributed by atoms with Gasteiger partial charge in [-0.15, -0.1) is 0 Å². The number of carbonyl (C=O) groups excluding carboxylic acids is 5. The summed E-state index contributed by atoms with van der Waals surface area (Å²) in [4.78, 5) is 62.9. The van der Waals surface area contributed by atoms with E-state index in [2.05, 4.69) is 26.6 Å². The monoisotopic (exact) mass is 700 g/mol. The molecule has 1 aliphatic heterocycles. The minimum Gasteiger partial charge on any atom is -0.504 e. The summed E-state index contributed by atoms with van der Waals surface area (Å²) in [5.74, 6) is -3.83. The Hall–Kier alpha value is -4.93. The van der Waals surface area contributed by atoms with Crippen molar-refractivity contribution in [1.29, 1.82) is 0 Å². The summed E-state index contributed by atoms with van der Waals surface area (Å²) in [7, 11) is 0. The highest BCUT2D eigenvalue weighted by Crippen LogP contribution is 2.28. The SMILES string of the molecule is O=C(CC1(O)CC(=O)N(CCCCNCCCNC(=O)c2ccc(O)c(O)c2)C1=O)NCCCCNCCCNC(=O)c1ccc(O)c(O)c1. The average Bonchev–Trinajstić information content (AvgIpc) is 3.29. The van der Waals surface area contributed by atoms with Crippen molar-refractivity contribution in [3.05, 3.63) is 47.5 Å². The normalized spacial score (nSPS) is 15.7. The molecule has 10 N–H and O–H groups in total. The fourth-order valence-electron chi connectivity index (χ4n) is 5.21. The van der Waals surface area contributed by atoms with Gasteiger partial charge in [0.15, 0.2) is 28.6 Å². The largest absolute Gasteiger partial charge is 0.504 e. The van der Waals surface area contributed by atoms with Crippen LogP contribution in [0.1, 0.15) is 72.1 Å². The van der Waals surface area contributed by atoms with E-state index in [1.54, 1.807) is 0 Å². The predicted octanol–water partition coefficient (Wildman–Crippen LogP) is 0.185. The van der Waals surface area contributed by atoms with E-state index in [0.29, 0.717) is 77.9 Å². The van der Waals surface area contributed by atoms with Crippen LogP contribution in [0.25, 0.3) is 0 Å². The van der Waals surface area contributed by atoms with Crippen LogP contribution < -0.4 is 26.6 Å². The molecule has 5 amide bonds. The first-order valence-electron chi connectivity index (χ1n) is 16.8. The van der Waals surface area contributed by atoms with E-state index in [-0.39, 0.29) is 52.5 Å². The Labute approximate surface area is 290 Å². The summed E-state index contributed by atoms with van der Waals surface area (Å²) in [6, 6.07) is 7.69. The van der Waals surface area contributed by atoms with Gasteiger partial charge >= 0.3 is 0 Å². The number of nitrogens with one attached hydrogen (secondary N) is 5. The Morgan fingerprint density at radius 3 is 1.60 bits per heavy atom. The molecule has 0 bridgehead atoms. The number of phenols is 4. The van der Waals surface area contributed by atoms with Crippen molar-refractivity contribution in [3.8, 4) is 23.0 Å². The third kappa shape index (κ3) is 12.5. The molecular formula is C34H48N6O10. The second-order valence-electron chi connectivity index (χ2n) is 12.1. The van der Waals surface area contributed by atoms with Gasteiger partial charge in [0.1, 0.15) is 0 Å². The van der Waals surface area contributed by atoms with Gasteiger partial charge in [-0.1, -0.05) is 0 Å². The molecule has 1 aliphatic rings. The second kappa shape index (κ2) is 19.9. The van der Waals surface area contributed by atoms with Crippen LogP contribution in [0.3, 0.4) is 0 Å². The van der Waals surface area contributed by atoms with Gasteiger partial charge in [-0.25, -0.2) is 0 Å². The van der Waals surface area contributed by atoms with Crippen molar-refractivity contribution in [2.75, 3.05) is 52.4 Å². The van der Waals surface area contributed by atoms with Crippen molar-refractivity contribution < 1.29 is 49.5 Å². The van der Waals surface area contributed by atoms with E-state index in [0.717, 1.165) is 11.3 Å². The fraction of sp³-hybridized carbons (Fsp3) is 0.500. The van der Waals surface area contributed by atoms with Gasteiger partial charge in [-0.05, 0) is 101 Å². The molecule has 16 heteroatoms. The van der Waals surface area contributed by atoms with Gasteiger partial charge in [0, 0.05) is 37.3 Å². The molecule has 0 aliphatic carbocycles. The van der Waals surface area contributed by atoms with Gasteiger partial charge in [-0.2, -0.15) is 0 Å². The quantitative estimate of drug-likeness (QED) is 0.0449. The van der Waals surface area contributed by atoms with Crippen LogP contribution in [0.15, 0.2) is 36.4 Å². The molecule has 2 aromatic rings. The number of unbranched alkanes of at least 4 members (excludes halogenated alkanes) is 2. The van der Waals surface area contributed by atoms with Gasteiger partial charge in [-0.3, -0.25) is 28.9 Å². The lowest BCUT2D eigenvalue weighted by atomic mass is 9.97. The van der Waals surface area contributed by atoms with E-state index in [1.807, 2.05) is 0 Å². The number of likely N-dealkylation sites (tertiary alicyclic amines) is 1. The highest BCUT2D eigenvalue weighted by atomic mass is 16.3. The Morgan fingerprint density at radius 1 is 0.620 bits per heavy atom. The summed E-state index contributed by atoms with van der Waals surface area (Å²) >= 11 is 0. The first-order valence-corrected chi connectivity index (χ1v) is 16.8. The number of hydrogen-bond donors (Lipinski definition) is 10. The Kier molecular flexibility index (Phi) is 15.7. The summed E-state index contributed by atoms with van der Waals surface area (Å²) in [6.45, 7) is 3.88. The van der Waals surface area contributed by atoms with Crippen LogP contribution in [-0.2, 0) is 14.4 Å². The van der Waals surface area contributed by atoms with Crippen LogP contribution in [-0.4, -0.2) is 118 Å². The minimum atomic E-state index is -2.05. The maximum absolute atomic E-state index is 12.8. The topological polar surface area (TPSA) is 250 Å². The van der Waals surface area contributed by atoms with Crippen molar-refractivity contribution in [2.24, 2.45) is 0 Å². The summed E-state index contributed by atoms with van der Waals surface area (Å²) in [5.41, 5.74) is -1.57. The molecule has 3 rings (SSSR count). The molecule has 1 atom stereocenters. The van der Waals surface area contributed by atoms with Crippen LogP contribution in [0, 0.1) is 0 Å². The number of hydrogen-bond acceptors (Lipinski definition) is 12. The van der Waals surface area contributed by atoms with Gasteiger partial charge in [0.2, 0.25) is 11.8 Å². The summed E-state index contributed by atoms with van der Waals surface area (Å²) in [5, 5.41) is 63.1. The molecule has 16 nitrogen and oxygen atoms in total. The maximum atomic E-state index is 12.8. The van der Waals surface area contributed by atoms with Crippen molar-refractivity contribution in [3.63, 3.8) is 0 Å². The number of phenolic OH excluding ortho intramolecular Hbond substituents is 4. The standard InChI is InChI=1S/C34H48N6O10/c41-25-9-7-23(19-27(25)43)31(47)38-16-5-13-35-11-1-2-15-37-29(45)21-34(50)22-30(46)40(33(34)49)18-4-3-12-36-14-6-17-39-32(48)24-8-10-26(42)28(44)20-24/h7-10,19-20,35-36,41-44,50H,1-6,11-18,21-22H2,(H,37,45)(H,38,47)(H,39,48). The second-order valence-corrected chi connectivity index (χ2v) is 12.1. The van der Waals surface area contributed by atoms with Crippen molar-refractivity contribution in [1.82, 2.24) is 31.5 Å². The van der Waals surface area contributed by atoms with Gasteiger partial charge in [0.25, 0.3) is 17.7 Å². The van der Waals surface area contributed by atoms with E-state index in [1.165, 1.54) is 36.4 Å². The third-order valence-electron chi connectivity index (χ3n) is 8.04. The van der Waals surface area contributed by atoms with Crippen LogP contribution in [0.4, 0.5) is 0 Å². The summed E-state index contributed by atoms with van der Waals surface area (Å²) in [6.07, 6.45) is 2.98. The first-order chi connectivity index (χ1) is 23.9. The number of imide groups is 1. The van der Waals surface area contributed by atoms with Crippen LogP contribution in [0.2, 0.25) is 0 Å². The molecule has 50 heavy (non-hydrogen) atoms. The lowest BCUT2D eigenvalue weighted by Gasteiger charge is -2.20. The Balaban J connectivity index is 1.17. The minimum absolute atomic E-state index is 0.140. The molecule has 0 saturated carbocycles. The molecule has 1 saturated heterocycles. The van der Waals surface area contributed by atoms with E-state index < -0.39 is 36.2 Å². The molecular weight excluding hydrogens is 652 g/mol. The predicted molar refractivity (Wildman–Crippen MR) is 182 cm³/mol. The third-order valence-corrected chi connectivity index (χ3v) is 8.04. The lowest BCUT2D eigenvalue weighted by Crippen LogP contribution is -2.44. The molecule has 2 aromatic carbocycles. The lowest BCUT2D eigenvalue weighted by molar-refractivity contribution is -0.148. The van der Waals surface area contributed by atoms with Crippen molar-refractivity contribution >= 4 is 29.5 Å². The van der Waals surface area contributed by atoms with Gasteiger partial charge in [0.05, 0.1) is 12.8 Å². The average molecular weight is 701 g/mol. The fourth-order valence-corrected chi connectivity index (χ4v) is 5.21. The number of benzene rings is 2. The van der Waals surface area contributed by atoms with E-state index in [9.17, 15) is 49.5 Å². The molecule has 0 aromatic heterocycles. The zero-order valence-corrected chi connectivity index (χ0v) is 28.0. The number of carbonyl (C=O) groups is 5. The zero-order chi connectivity index (χ0) is 36.5. The maximum Gasteiger partial charge on any atom is 0.262 e. The number of rotatable bonds is 22. The molecule has 0 spiro atoms. The first kappa shape index (κ1) is 39.5. The molecule has 1 unspecified atom stereocenters. The molecule has 1 heterocycles. The van der Waals surface area contributed by atoms with Crippen molar-refractivity contribution in [2.45, 2.75) is 57.0 Å². The van der Waals surface area contributed by atoms with E-state index in [4.69, 9.17) is 0 Å². The Bertz CT molecular complexity index is 1490. The molecule has 0 radical (unpaired) electrons. The highest BCUT2D eigenvalue weighted by Gasteiger charge is 2.51. The molecule has 1 fully saturated rings.